The van der Waals surface area contributed by atoms with Crippen molar-refractivity contribution in [1.82, 2.24) is 0 Å². The van der Waals surface area contributed by atoms with Gasteiger partial charge in [0.2, 0.25) is 0 Å². The summed E-state index contributed by atoms with van der Waals surface area (Å²) in [6.07, 6.45) is 0. The first-order chi connectivity index (χ1) is 9.60. The van der Waals surface area contributed by atoms with Gasteiger partial charge in [-0.2, -0.15) is 0 Å². The molecule has 0 fully saturated rings. The van der Waals surface area contributed by atoms with Crippen LogP contribution < -0.4 is 10.5 Å². The van der Waals surface area contributed by atoms with Gasteiger partial charge in [0.25, 0.3) is 0 Å². The Bertz CT molecular complexity index is 631. The summed E-state index contributed by atoms with van der Waals surface area (Å²) in [5.74, 6) is 1.51. The number of benzene rings is 2. The maximum atomic E-state index is 12.2. The lowest BCUT2D eigenvalue weighted by molar-refractivity contribution is 0.417. The lowest BCUT2D eigenvalue weighted by Crippen LogP contribution is -2.01. The number of rotatable bonds is 5. The highest BCUT2D eigenvalue weighted by Crippen LogP contribution is 2.23. The highest BCUT2D eigenvalue weighted by Gasteiger charge is 2.08. The van der Waals surface area contributed by atoms with Crippen LogP contribution in [0.1, 0.15) is 11.1 Å². The van der Waals surface area contributed by atoms with E-state index in [2.05, 4.69) is 0 Å². The summed E-state index contributed by atoms with van der Waals surface area (Å²) in [6, 6.07) is 12.9. The number of anilines is 1. The van der Waals surface area contributed by atoms with Crippen LogP contribution >= 0.6 is 11.6 Å². The van der Waals surface area contributed by atoms with Gasteiger partial charge in [-0.1, -0.05) is 35.9 Å². The number of hydrogen-bond donors (Lipinski definition) is 1. The number of ether oxygens (including phenoxy) is 1. The molecule has 2 aromatic carbocycles. The molecule has 0 heterocycles. The van der Waals surface area contributed by atoms with E-state index < -0.39 is 10.8 Å². The maximum absolute atomic E-state index is 12.2. The van der Waals surface area contributed by atoms with Crippen molar-refractivity contribution in [3.05, 3.63) is 58.6 Å². The Balaban J connectivity index is 2.05. The molecule has 1 unspecified atom stereocenters. The molecule has 1 atom stereocenters. The van der Waals surface area contributed by atoms with E-state index >= 15 is 0 Å². The van der Waals surface area contributed by atoms with Gasteiger partial charge in [0.15, 0.2) is 0 Å². The highest BCUT2D eigenvalue weighted by molar-refractivity contribution is 7.83. The molecule has 5 heteroatoms. The number of methoxy groups -OCH3 is 1. The minimum absolute atomic E-state index is 0.436. The molecular formula is C15H16ClNO2S. The van der Waals surface area contributed by atoms with Gasteiger partial charge in [0.1, 0.15) is 5.75 Å². The zero-order valence-electron chi connectivity index (χ0n) is 11.1. The predicted octanol–water partition coefficient (Wildman–Crippen LogP) is 3.38. The van der Waals surface area contributed by atoms with Crippen molar-refractivity contribution in [2.75, 3.05) is 12.8 Å². The van der Waals surface area contributed by atoms with Crippen LogP contribution in [0.4, 0.5) is 5.69 Å². The summed E-state index contributed by atoms with van der Waals surface area (Å²) < 4.78 is 17.3. The number of nitrogens with two attached hydrogens (primary N) is 1. The molecule has 0 aliphatic rings. The summed E-state index contributed by atoms with van der Waals surface area (Å²) in [4.78, 5) is 0. The molecule has 0 bridgehead atoms. The monoisotopic (exact) mass is 309 g/mol. The predicted molar refractivity (Wildman–Crippen MR) is 84.4 cm³/mol. The van der Waals surface area contributed by atoms with Crippen LogP contribution in [-0.2, 0) is 22.3 Å². The van der Waals surface area contributed by atoms with Crippen molar-refractivity contribution in [1.29, 1.82) is 0 Å². The smallest absolute Gasteiger partial charge is 0.141 e. The molecular weight excluding hydrogens is 294 g/mol. The molecule has 0 aliphatic carbocycles. The summed E-state index contributed by atoms with van der Waals surface area (Å²) in [5.41, 5.74) is 8.22. The van der Waals surface area contributed by atoms with E-state index in [-0.39, 0.29) is 0 Å². The van der Waals surface area contributed by atoms with Crippen molar-refractivity contribution in [3.8, 4) is 5.75 Å². The summed E-state index contributed by atoms with van der Waals surface area (Å²) in [5, 5.41) is 0.648. The van der Waals surface area contributed by atoms with Gasteiger partial charge < -0.3 is 10.5 Å². The third kappa shape index (κ3) is 3.74. The molecule has 2 N–H and O–H groups in total. The Kier molecular flexibility index (Phi) is 5.04. The average molecular weight is 310 g/mol. The van der Waals surface area contributed by atoms with Crippen LogP contribution in [0.15, 0.2) is 42.5 Å². The normalized spacial score (nSPS) is 12.1. The van der Waals surface area contributed by atoms with Gasteiger partial charge in [0.05, 0.1) is 18.6 Å². The van der Waals surface area contributed by atoms with Crippen LogP contribution in [-0.4, -0.2) is 11.3 Å². The topological polar surface area (TPSA) is 52.3 Å². The second-order valence-corrected chi connectivity index (χ2v) is 6.26. The van der Waals surface area contributed by atoms with Crippen molar-refractivity contribution in [2.45, 2.75) is 11.5 Å². The fourth-order valence-electron chi connectivity index (χ4n) is 1.90. The third-order valence-corrected chi connectivity index (χ3v) is 4.55. The number of nitrogen functional groups attached to an aromatic ring is 1. The van der Waals surface area contributed by atoms with Crippen LogP contribution in [0.3, 0.4) is 0 Å². The van der Waals surface area contributed by atoms with Crippen molar-refractivity contribution < 1.29 is 8.95 Å². The highest BCUT2D eigenvalue weighted by atomic mass is 35.5. The molecule has 0 radical (unpaired) electrons. The first-order valence-corrected chi connectivity index (χ1v) is 7.97. The fraction of sp³-hybridized carbons (Fsp3) is 0.200. The Labute approximate surface area is 126 Å². The van der Waals surface area contributed by atoms with Crippen LogP contribution in [0.25, 0.3) is 0 Å². The van der Waals surface area contributed by atoms with Gasteiger partial charge in [-0.25, -0.2) is 0 Å². The minimum atomic E-state index is -1.03. The summed E-state index contributed by atoms with van der Waals surface area (Å²) in [7, 11) is 0.540. The first kappa shape index (κ1) is 14.9. The van der Waals surface area contributed by atoms with E-state index in [0.29, 0.717) is 28.0 Å². The lowest BCUT2D eigenvalue weighted by Gasteiger charge is -2.08. The fourth-order valence-corrected chi connectivity index (χ4v) is 3.43. The average Bonchev–Trinajstić information content (AvgIpc) is 2.41. The zero-order valence-corrected chi connectivity index (χ0v) is 12.7. The largest absolute Gasteiger partial charge is 0.495 e. The molecule has 0 spiro atoms. The second-order valence-electron chi connectivity index (χ2n) is 4.40. The molecule has 0 saturated heterocycles. The van der Waals surface area contributed by atoms with Crippen molar-refractivity contribution in [2.24, 2.45) is 0 Å². The van der Waals surface area contributed by atoms with Crippen LogP contribution in [0.2, 0.25) is 5.02 Å². The maximum Gasteiger partial charge on any atom is 0.141 e. The molecule has 20 heavy (non-hydrogen) atoms. The molecule has 2 aromatic rings. The van der Waals surface area contributed by atoms with Crippen molar-refractivity contribution >= 4 is 28.1 Å². The number of halogens is 1. The zero-order chi connectivity index (χ0) is 14.5. The summed E-state index contributed by atoms with van der Waals surface area (Å²) in [6.45, 7) is 0. The molecule has 3 nitrogen and oxygen atoms in total. The lowest BCUT2D eigenvalue weighted by atomic mass is 10.2. The van der Waals surface area contributed by atoms with Gasteiger partial charge in [-0.05, 0) is 29.3 Å². The molecule has 0 amide bonds. The van der Waals surface area contributed by atoms with E-state index in [0.717, 1.165) is 11.1 Å². The minimum Gasteiger partial charge on any atom is -0.495 e. The van der Waals surface area contributed by atoms with Gasteiger partial charge in [0, 0.05) is 21.6 Å². The Morgan fingerprint density at radius 1 is 1.20 bits per heavy atom. The van der Waals surface area contributed by atoms with E-state index in [9.17, 15) is 4.21 Å². The molecule has 2 rings (SSSR count). The SMILES string of the molecule is COc1ccc(CS(=O)Cc2ccccc2Cl)cc1N. The Hall–Kier alpha value is -1.52. The van der Waals surface area contributed by atoms with E-state index in [1.165, 1.54) is 0 Å². The Morgan fingerprint density at radius 2 is 1.95 bits per heavy atom. The van der Waals surface area contributed by atoms with Crippen molar-refractivity contribution in [3.63, 3.8) is 0 Å². The molecule has 0 aromatic heterocycles. The third-order valence-electron chi connectivity index (χ3n) is 2.90. The Morgan fingerprint density at radius 3 is 2.60 bits per heavy atom. The number of hydrogen-bond acceptors (Lipinski definition) is 3. The van der Waals surface area contributed by atoms with E-state index in [4.69, 9.17) is 22.1 Å². The van der Waals surface area contributed by atoms with Crippen LogP contribution in [0.5, 0.6) is 5.75 Å². The molecule has 0 aliphatic heterocycles. The second kappa shape index (κ2) is 6.77. The van der Waals surface area contributed by atoms with E-state index in [1.54, 1.807) is 25.3 Å². The van der Waals surface area contributed by atoms with Gasteiger partial charge >= 0.3 is 0 Å². The van der Waals surface area contributed by atoms with Gasteiger partial charge in [-0.15, -0.1) is 0 Å². The van der Waals surface area contributed by atoms with Crippen LogP contribution in [0, 0.1) is 0 Å². The molecule has 0 saturated carbocycles. The quantitative estimate of drug-likeness (QED) is 0.861. The standard InChI is InChI=1S/C15H16ClNO2S/c1-19-15-7-6-11(8-14(15)17)9-20(18)10-12-4-2-3-5-13(12)16/h2-8H,9-10,17H2,1H3. The van der Waals surface area contributed by atoms with Gasteiger partial charge in [-0.3, -0.25) is 4.21 Å². The van der Waals surface area contributed by atoms with E-state index in [1.807, 2.05) is 24.3 Å². The summed E-state index contributed by atoms with van der Waals surface area (Å²) >= 11 is 6.07. The molecule has 106 valence electrons. The first-order valence-electron chi connectivity index (χ1n) is 6.11.